The Labute approximate surface area is 142 Å². The van der Waals surface area contributed by atoms with Gasteiger partial charge in [0.2, 0.25) is 0 Å². The highest BCUT2D eigenvalue weighted by Gasteiger charge is 2.45. The molecule has 4 rings (SSSR count). The third kappa shape index (κ3) is 2.73. The van der Waals surface area contributed by atoms with Gasteiger partial charge in [-0.15, -0.1) is 11.3 Å². The summed E-state index contributed by atoms with van der Waals surface area (Å²) in [6.45, 7) is 5.49. The third-order valence-electron chi connectivity index (χ3n) is 5.64. The zero-order chi connectivity index (χ0) is 15.9. The fraction of sp³-hybridized carbons (Fsp3) is 0.526. The Bertz CT molecular complexity index is 675. The van der Waals surface area contributed by atoms with E-state index in [9.17, 15) is 0 Å². The average Bonchev–Trinajstić information content (AvgIpc) is 3.16. The van der Waals surface area contributed by atoms with Crippen LogP contribution in [0.25, 0.3) is 0 Å². The van der Waals surface area contributed by atoms with Crippen molar-refractivity contribution in [1.82, 2.24) is 9.88 Å². The summed E-state index contributed by atoms with van der Waals surface area (Å²) in [7, 11) is 1.85. The molecular formula is C19H24N2OS. The molecule has 4 heteroatoms. The summed E-state index contributed by atoms with van der Waals surface area (Å²) in [6.07, 6.45) is 5.79. The first-order valence-electron chi connectivity index (χ1n) is 8.45. The van der Waals surface area contributed by atoms with E-state index >= 15 is 0 Å². The molecule has 1 atom stereocenters. The van der Waals surface area contributed by atoms with Crippen molar-refractivity contribution in [3.05, 3.63) is 51.5 Å². The minimum atomic E-state index is 0.274. The van der Waals surface area contributed by atoms with E-state index in [-0.39, 0.29) is 6.10 Å². The van der Waals surface area contributed by atoms with Crippen LogP contribution in [0.15, 0.2) is 29.8 Å². The maximum atomic E-state index is 5.81. The number of likely N-dealkylation sites (tertiary alicyclic amines) is 1. The first kappa shape index (κ1) is 15.3. The summed E-state index contributed by atoms with van der Waals surface area (Å²) in [6, 6.07) is 6.96. The van der Waals surface area contributed by atoms with Crippen LogP contribution in [0.2, 0.25) is 0 Å². The summed E-state index contributed by atoms with van der Waals surface area (Å²) in [5, 5.41) is 3.30. The van der Waals surface area contributed by atoms with Crippen molar-refractivity contribution in [2.45, 2.75) is 44.2 Å². The van der Waals surface area contributed by atoms with E-state index in [2.05, 4.69) is 40.4 Å². The van der Waals surface area contributed by atoms with Crippen molar-refractivity contribution in [3.8, 4) is 0 Å². The number of rotatable bonds is 3. The number of aryl methyl sites for hydroxylation is 1. The van der Waals surface area contributed by atoms with Crippen LogP contribution in [0, 0.1) is 6.92 Å². The number of thiazole rings is 1. The largest absolute Gasteiger partial charge is 0.377 e. The molecule has 23 heavy (non-hydrogen) atoms. The molecule has 2 heterocycles. The monoisotopic (exact) mass is 328 g/mol. The van der Waals surface area contributed by atoms with Gasteiger partial charge in [-0.3, -0.25) is 4.90 Å². The first-order chi connectivity index (χ1) is 11.2. The van der Waals surface area contributed by atoms with Gasteiger partial charge in [0.05, 0.1) is 12.6 Å². The zero-order valence-electron chi connectivity index (χ0n) is 13.9. The van der Waals surface area contributed by atoms with Gasteiger partial charge in [-0.25, -0.2) is 4.98 Å². The SMILES string of the molecule is CO[C@@H]1CC2(CCN(Cc3nccs3)CC2)c2ccc(C)cc21. The molecule has 1 fully saturated rings. The van der Waals surface area contributed by atoms with Crippen LogP contribution in [0.3, 0.4) is 0 Å². The lowest BCUT2D eigenvalue weighted by molar-refractivity contribution is 0.0687. The minimum absolute atomic E-state index is 0.274. The first-order valence-corrected chi connectivity index (χ1v) is 9.33. The summed E-state index contributed by atoms with van der Waals surface area (Å²) >= 11 is 1.76. The third-order valence-corrected chi connectivity index (χ3v) is 6.41. The van der Waals surface area contributed by atoms with E-state index in [0.29, 0.717) is 5.41 Å². The Morgan fingerprint density at radius 1 is 1.35 bits per heavy atom. The van der Waals surface area contributed by atoms with Gasteiger partial charge in [0, 0.05) is 24.1 Å². The molecule has 0 unspecified atom stereocenters. The predicted octanol–water partition coefficient (Wildman–Crippen LogP) is 4.08. The lowest BCUT2D eigenvalue weighted by atomic mass is 9.73. The quantitative estimate of drug-likeness (QED) is 0.849. The topological polar surface area (TPSA) is 25.4 Å². The van der Waals surface area contributed by atoms with Crippen LogP contribution in [0.4, 0.5) is 0 Å². The molecule has 1 aliphatic carbocycles. The Balaban J connectivity index is 1.53. The molecule has 1 aliphatic heterocycles. The number of aromatic nitrogens is 1. The molecule has 0 saturated carbocycles. The zero-order valence-corrected chi connectivity index (χ0v) is 14.7. The summed E-state index contributed by atoms with van der Waals surface area (Å²) < 4.78 is 5.81. The minimum Gasteiger partial charge on any atom is -0.377 e. The highest BCUT2D eigenvalue weighted by atomic mass is 32.1. The number of ether oxygens (including phenoxy) is 1. The second-order valence-electron chi connectivity index (χ2n) is 7.00. The second-order valence-corrected chi connectivity index (χ2v) is 7.98. The molecule has 3 nitrogen and oxygen atoms in total. The molecule has 1 saturated heterocycles. The molecule has 0 amide bonds. The second kappa shape index (κ2) is 6.00. The van der Waals surface area contributed by atoms with Gasteiger partial charge in [-0.1, -0.05) is 23.8 Å². The van der Waals surface area contributed by atoms with Crippen molar-refractivity contribution in [2.75, 3.05) is 20.2 Å². The van der Waals surface area contributed by atoms with E-state index in [1.54, 1.807) is 16.9 Å². The highest BCUT2D eigenvalue weighted by molar-refractivity contribution is 7.09. The van der Waals surface area contributed by atoms with Gasteiger partial charge in [0.1, 0.15) is 5.01 Å². The standard InChI is InChI=1S/C19H24N2OS/c1-14-3-4-16-15(11-14)17(22-2)12-19(16)5-8-21(9-6-19)13-18-20-7-10-23-18/h3-4,7,10-11,17H,5-6,8-9,12-13H2,1-2H3/t17-/m1/s1. The van der Waals surface area contributed by atoms with E-state index < -0.39 is 0 Å². The van der Waals surface area contributed by atoms with Gasteiger partial charge >= 0.3 is 0 Å². The Kier molecular flexibility index (Phi) is 4.00. The molecular weight excluding hydrogens is 304 g/mol. The number of nitrogens with zero attached hydrogens (tertiary/aromatic N) is 2. The van der Waals surface area contributed by atoms with Crippen LogP contribution >= 0.6 is 11.3 Å². The van der Waals surface area contributed by atoms with E-state index in [1.165, 1.54) is 29.0 Å². The van der Waals surface area contributed by atoms with Crippen LogP contribution in [-0.2, 0) is 16.7 Å². The van der Waals surface area contributed by atoms with Crippen LogP contribution in [0.5, 0.6) is 0 Å². The Morgan fingerprint density at radius 3 is 2.87 bits per heavy atom. The van der Waals surface area contributed by atoms with E-state index in [0.717, 1.165) is 26.1 Å². The van der Waals surface area contributed by atoms with Gasteiger partial charge in [0.15, 0.2) is 0 Å². The lowest BCUT2D eigenvalue weighted by Gasteiger charge is -2.40. The summed E-state index contributed by atoms with van der Waals surface area (Å²) in [5.74, 6) is 0. The number of hydrogen-bond acceptors (Lipinski definition) is 4. The maximum Gasteiger partial charge on any atom is 0.107 e. The smallest absolute Gasteiger partial charge is 0.107 e. The maximum absolute atomic E-state index is 5.81. The van der Waals surface area contributed by atoms with Crippen molar-refractivity contribution >= 4 is 11.3 Å². The van der Waals surface area contributed by atoms with Crippen molar-refractivity contribution < 1.29 is 4.74 Å². The normalized spacial score (nSPS) is 23.3. The number of piperidine rings is 1. The molecule has 2 aromatic rings. The van der Waals surface area contributed by atoms with Crippen molar-refractivity contribution in [2.24, 2.45) is 0 Å². The molecule has 0 radical (unpaired) electrons. The van der Waals surface area contributed by atoms with Crippen molar-refractivity contribution in [1.29, 1.82) is 0 Å². The predicted molar refractivity (Wildman–Crippen MR) is 93.8 cm³/mol. The Morgan fingerprint density at radius 2 is 2.17 bits per heavy atom. The van der Waals surface area contributed by atoms with Crippen LogP contribution in [-0.4, -0.2) is 30.1 Å². The van der Waals surface area contributed by atoms with Crippen LogP contribution < -0.4 is 0 Å². The number of fused-ring (bicyclic) bond motifs is 2. The van der Waals surface area contributed by atoms with Crippen LogP contribution in [0.1, 0.15) is 47.1 Å². The van der Waals surface area contributed by atoms with Gasteiger partial charge in [0.25, 0.3) is 0 Å². The number of methoxy groups -OCH3 is 1. The Hall–Kier alpha value is -1.23. The fourth-order valence-corrected chi connectivity index (χ4v) is 5.01. The number of benzene rings is 1. The summed E-state index contributed by atoms with van der Waals surface area (Å²) in [5.41, 5.74) is 4.64. The van der Waals surface area contributed by atoms with Gasteiger partial charge < -0.3 is 4.74 Å². The average molecular weight is 328 g/mol. The van der Waals surface area contributed by atoms with E-state index in [1.807, 2.05) is 13.3 Å². The summed E-state index contributed by atoms with van der Waals surface area (Å²) in [4.78, 5) is 6.98. The molecule has 122 valence electrons. The van der Waals surface area contributed by atoms with Gasteiger partial charge in [-0.05, 0) is 50.4 Å². The van der Waals surface area contributed by atoms with Gasteiger partial charge in [-0.2, -0.15) is 0 Å². The highest BCUT2D eigenvalue weighted by Crippen LogP contribution is 2.52. The molecule has 0 bridgehead atoms. The molecule has 2 aliphatic rings. The molecule has 1 aromatic carbocycles. The number of hydrogen-bond donors (Lipinski definition) is 0. The fourth-order valence-electron chi connectivity index (χ4n) is 4.35. The molecule has 1 spiro atoms. The molecule has 1 aromatic heterocycles. The van der Waals surface area contributed by atoms with Crippen molar-refractivity contribution in [3.63, 3.8) is 0 Å². The molecule has 0 N–H and O–H groups in total. The van der Waals surface area contributed by atoms with E-state index in [4.69, 9.17) is 4.74 Å². The lowest BCUT2D eigenvalue weighted by Crippen LogP contribution is -2.41.